The van der Waals surface area contributed by atoms with Crippen molar-refractivity contribution < 1.29 is 24.2 Å². The van der Waals surface area contributed by atoms with Crippen molar-refractivity contribution in [2.24, 2.45) is 0 Å². The van der Waals surface area contributed by atoms with Crippen molar-refractivity contribution in [3.63, 3.8) is 0 Å². The highest BCUT2D eigenvalue weighted by Gasteiger charge is 2.23. The fraction of sp³-hybridized carbons (Fsp3) is 0.429. The van der Waals surface area contributed by atoms with Gasteiger partial charge >= 0.3 is 12.1 Å². The van der Waals surface area contributed by atoms with Gasteiger partial charge in [-0.15, -0.1) is 0 Å². The summed E-state index contributed by atoms with van der Waals surface area (Å²) in [6.45, 7) is 5.20. The number of carbonyl (C=O) groups excluding carboxylic acids is 1. The number of methoxy groups -OCH3 is 1. The Morgan fingerprint density at radius 3 is 2.41 bits per heavy atom. The Morgan fingerprint density at radius 2 is 1.78 bits per heavy atom. The Morgan fingerprint density at radius 1 is 1.11 bits per heavy atom. The molecule has 2 rings (SSSR count). The second-order valence-corrected chi connectivity index (χ2v) is 7.48. The van der Waals surface area contributed by atoms with Gasteiger partial charge in [-0.2, -0.15) is 0 Å². The van der Waals surface area contributed by atoms with Gasteiger partial charge in [0.25, 0.3) is 0 Å². The van der Waals surface area contributed by atoms with Gasteiger partial charge in [-0.3, -0.25) is 0 Å². The molecular weight excluding hydrogens is 346 g/mol. The smallest absolute Gasteiger partial charge is 0.408 e. The van der Waals surface area contributed by atoms with Crippen molar-refractivity contribution in [1.29, 1.82) is 0 Å². The molecule has 6 nitrogen and oxygen atoms in total. The number of ether oxygens (including phenoxy) is 2. The van der Waals surface area contributed by atoms with Crippen LogP contribution in [0.2, 0.25) is 0 Å². The Hall–Kier alpha value is -2.76. The summed E-state index contributed by atoms with van der Waals surface area (Å²) in [6.07, 6.45) is 0.973. The number of nitrogens with one attached hydrogen (secondary N) is 1. The average molecular weight is 373 g/mol. The van der Waals surface area contributed by atoms with E-state index >= 15 is 0 Å². The molecule has 0 aliphatic carbocycles. The largest absolute Gasteiger partial charge is 0.497 e. The molecule has 0 heterocycles. The summed E-state index contributed by atoms with van der Waals surface area (Å²) in [7, 11) is 1.64. The highest BCUT2D eigenvalue weighted by atomic mass is 16.6. The molecule has 0 spiro atoms. The maximum Gasteiger partial charge on any atom is 0.408 e. The molecule has 2 aromatic carbocycles. The van der Waals surface area contributed by atoms with Crippen molar-refractivity contribution in [3.8, 4) is 5.75 Å². The quantitative estimate of drug-likeness (QED) is 0.762. The zero-order valence-electron chi connectivity index (χ0n) is 16.2. The molecule has 0 bridgehead atoms. The molecule has 146 valence electrons. The Labute approximate surface area is 159 Å². The number of carbonyl (C=O) groups is 2. The van der Waals surface area contributed by atoms with Gasteiger partial charge in [0.2, 0.25) is 0 Å². The molecule has 1 unspecified atom stereocenters. The number of fused-ring (bicyclic) bond motifs is 1. The highest BCUT2D eigenvalue weighted by Crippen LogP contribution is 2.22. The number of aliphatic carboxylic acids is 1. The molecule has 0 saturated heterocycles. The number of carboxylic acids is 1. The fourth-order valence-corrected chi connectivity index (χ4v) is 2.77. The van der Waals surface area contributed by atoms with Crippen LogP contribution in [0.1, 0.15) is 39.2 Å². The summed E-state index contributed by atoms with van der Waals surface area (Å²) >= 11 is 0. The van der Waals surface area contributed by atoms with Crippen LogP contribution in [0.4, 0.5) is 4.79 Å². The predicted octanol–water partition coefficient (Wildman–Crippen LogP) is 4.15. The van der Waals surface area contributed by atoms with Crippen LogP contribution in [0.25, 0.3) is 10.8 Å². The third-order valence-electron chi connectivity index (χ3n) is 4.06. The number of aryl methyl sites for hydroxylation is 1. The molecule has 27 heavy (non-hydrogen) atoms. The van der Waals surface area contributed by atoms with Crippen LogP contribution in [0.3, 0.4) is 0 Å². The Bertz CT molecular complexity index is 810. The number of rotatable bonds is 7. The van der Waals surface area contributed by atoms with Gasteiger partial charge < -0.3 is 19.9 Å². The van der Waals surface area contributed by atoms with E-state index in [1.54, 1.807) is 27.9 Å². The van der Waals surface area contributed by atoms with E-state index in [0.29, 0.717) is 12.8 Å². The lowest BCUT2D eigenvalue weighted by atomic mass is 10.0. The van der Waals surface area contributed by atoms with Crippen molar-refractivity contribution >= 4 is 22.8 Å². The molecule has 0 aliphatic rings. The first-order valence-electron chi connectivity index (χ1n) is 8.97. The first-order chi connectivity index (χ1) is 12.7. The number of benzene rings is 2. The minimum absolute atomic E-state index is 0.329. The van der Waals surface area contributed by atoms with E-state index in [9.17, 15) is 14.7 Å². The van der Waals surface area contributed by atoms with E-state index in [1.165, 1.54) is 0 Å². The van der Waals surface area contributed by atoms with Gasteiger partial charge in [0.05, 0.1) is 7.11 Å². The minimum Gasteiger partial charge on any atom is -0.497 e. The van der Waals surface area contributed by atoms with Crippen molar-refractivity contribution in [2.75, 3.05) is 7.11 Å². The molecule has 0 radical (unpaired) electrons. The second kappa shape index (κ2) is 8.75. The molecule has 0 saturated carbocycles. The number of carboxylic acid groups (broad SMARTS) is 1. The molecule has 0 aliphatic heterocycles. The van der Waals surface area contributed by atoms with Crippen molar-refractivity contribution in [1.82, 2.24) is 5.32 Å². The first kappa shape index (κ1) is 20.6. The standard InChI is InChI=1S/C21H27NO5/c1-21(2,3)27-20(25)22-18(19(23)24)7-5-6-14-8-9-16-13-17(26-4)11-10-15(16)12-14/h8-13,18H,5-7H2,1-4H3,(H,22,25)(H,23,24). The van der Waals surface area contributed by atoms with Crippen LogP contribution in [-0.4, -0.2) is 35.9 Å². The van der Waals surface area contributed by atoms with Crippen LogP contribution < -0.4 is 10.1 Å². The van der Waals surface area contributed by atoms with Crippen LogP contribution in [0, 0.1) is 0 Å². The maximum atomic E-state index is 11.8. The van der Waals surface area contributed by atoms with E-state index in [-0.39, 0.29) is 0 Å². The van der Waals surface area contributed by atoms with Crippen LogP contribution >= 0.6 is 0 Å². The third-order valence-corrected chi connectivity index (χ3v) is 4.06. The summed E-state index contributed by atoms with van der Waals surface area (Å²) in [5.74, 6) is -0.251. The van der Waals surface area contributed by atoms with Gasteiger partial charge in [-0.1, -0.05) is 24.3 Å². The molecule has 2 aromatic rings. The average Bonchev–Trinajstić information content (AvgIpc) is 2.58. The summed E-state index contributed by atoms with van der Waals surface area (Å²) in [5, 5.41) is 14.0. The molecule has 1 atom stereocenters. The lowest BCUT2D eigenvalue weighted by Crippen LogP contribution is -2.43. The Balaban J connectivity index is 1.93. The van der Waals surface area contributed by atoms with E-state index in [1.807, 2.05) is 30.3 Å². The molecule has 1 amide bonds. The van der Waals surface area contributed by atoms with E-state index in [2.05, 4.69) is 11.4 Å². The monoisotopic (exact) mass is 373 g/mol. The fourth-order valence-electron chi connectivity index (χ4n) is 2.77. The SMILES string of the molecule is COc1ccc2cc(CCCC(NC(=O)OC(C)(C)C)C(=O)O)ccc2c1. The van der Waals surface area contributed by atoms with Gasteiger partial charge in [0.1, 0.15) is 17.4 Å². The van der Waals surface area contributed by atoms with Crippen molar-refractivity contribution in [2.45, 2.75) is 51.7 Å². The van der Waals surface area contributed by atoms with E-state index in [0.717, 1.165) is 28.5 Å². The zero-order chi connectivity index (χ0) is 20.0. The van der Waals surface area contributed by atoms with Crippen LogP contribution in [0.15, 0.2) is 36.4 Å². The number of amides is 1. The summed E-state index contributed by atoms with van der Waals surface area (Å²) in [4.78, 5) is 23.2. The van der Waals surface area contributed by atoms with Crippen LogP contribution in [0.5, 0.6) is 5.75 Å². The normalized spacial score (nSPS) is 12.4. The van der Waals surface area contributed by atoms with E-state index < -0.39 is 23.7 Å². The number of alkyl carbamates (subject to hydrolysis) is 1. The predicted molar refractivity (Wildman–Crippen MR) is 104 cm³/mol. The van der Waals surface area contributed by atoms with Gasteiger partial charge in [-0.25, -0.2) is 9.59 Å². The molecule has 0 aromatic heterocycles. The zero-order valence-corrected chi connectivity index (χ0v) is 16.2. The topological polar surface area (TPSA) is 84.9 Å². The molecule has 0 fully saturated rings. The summed E-state index contributed by atoms with van der Waals surface area (Å²) < 4.78 is 10.4. The second-order valence-electron chi connectivity index (χ2n) is 7.48. The lowest BCUT2D eigenvalue weighted by Gasteiger charge is -2.22. The van der Waals surface area contributed by atoms with Gasteiger partial charge in [0.15, 0.2) is 0 Å². The minimum atomic E-state index is -1.06. The summed E-state index contributed by atoms with van der Waals surface area (Å²) in [6, 6.07) is 11.1. The number of hydrogen-bond acceptors (Lipinski definition) is 4. The van der Waals surface area contributed by atoms with Gasteiger partial charge in [-0.05, 0) is 68.5 Å². The number of hydrogen-bond donors (Lipinski definition) is 2. The van der Waals surface area contributed by atoms with Crippen LogP contribution in [-0.2, 0) is 16.0 Å². The summed E-state index contributed by atoms with van der Waals surface area (Å²) in [5.41, 5.74) is 0.454. The highest BCUT2D eigenvalue weighted by molar-refractivity contribution is 5.84. The lowest BCUT2D eigenvalue weighted by molar-refractivity contribution is -0.139. The third kappa shape index (κ3) is 6.47. The molecular formula is C21H27NO5. The first-order valence-corrected chi connectivity index (χ1v) is 8.97. The van der Waals surface area contributed by atoms with E-state index in [4.69, 9.17) is 9.47 Å². The van der Waals surface area contributed by atoms with Crippen molar-refractivity contribution in [3.05, 3.63) is 42.0 Å². The molecule has 2 N–H and O–H groups in total. The van der Waals surface area contributed by atoms with Gasteiger partial charge in [0, 0.05) is 0 Å². The Kier molecular flexibility index (Phi) is 6.66. The maximum absolute atomic E-state index is 11.8. The molecule has 6 heteroatoms.